The van der Waals surface area contributed by atoms with Gasteiger partial charge in [-0.25, -0.2) is 13.8 Å². The lowest BCUT2D eigenvalue weighted by Gasteiger charge is -2.10. The SMILES string of the molecule is Fc1cc(F)c(OCc2cccc(C(F)(F)F)c2)nc1Br. The van der Waals surface area contributed by atoms with Crippen LogP contribution in [0.2, 0.25) is 0 Å². The Morgan fingerprint density at radius 3 is 2.48 bits per heavy atom. The molecule has 0 aliphatic heterocycles. The molecule has 1 aromatic carbocycles. The van der Waals surface area contributed by atoms with Crippen LogP contribution in [-0.2, 0) is 12.8 Å². The Morgan fingerprint density at radius 1 is 1.10 bits per heavy atom. The van der Waals surface area contributed by atoms with E-state index >= 15 is 0 Å². The summed E-state index contributed by atoms with van der Waals surface area (Å²) in [5.41, 5.74) is -0.649. The molecular formula is C13H7BrF5NO. The average molecular weight is 368 g/mol. The Kier molecular flexibility index (Phi) is 4.46. The maximum Gasteiger partial charge on any atom is 0.416 e. The van der Waals surface area contributed by atoms with E-state index in [0.29, 0.717) is 6.07 Å². The van der Waals surface area contributed by atoms with E-state index in [1.165, 1.54) is 12.1 Å². The Morgan fingerprint density at radius 2 is 1.81 bits per heavy atom. The van der Waals surface area contributed by atoms with Crippen LogP contribution in [0.15, 0.2) is 34.9 Å². The number of alkyl halides is 3. The Hall–Kier alpha value is -1.70. The van der Waals surface area contributed by atoms with Crippen molar-refractivity contribution in [3.63, 3.8) is 0 Å². The molecule has 0 bridgehead atoms. The van der Waals surface area contributed by atoms with Crippen LogP contribution < -0.4 is 4.74 Å². The first-order valence-electron chi connectivity index (χ1n) is 5.58. The number of halogens is 6. The number of ether oxygens (including phenoxy) is 1. The molecular weight excluding hydrogens is 361 g/mol. The number of nitrogens with zero attached hydrogens (tertiary/aromatic N) is 1. The van der Waals surface area contributed by atoms with E-state index in [0.717, 1.165) is 12.1 Å². The van der Waals surface area contributed by atoms with Crippen LogP contribution in [0.5, 0.6) is 5.88 Å². The van der Waals surface area contributed by atoms with Gasteiger partial charge in [0, 0.05) is 6.07 Å². The number of hydrogen-bond acceptors (Lipinski definition) is 2. The van der Waals surface area contributed by atoms with Gasteiger partial charge in [-0.15, -0.1) is 0 Å². The Labute approximate surface area is 124 Å². The van der Waals surface area contributed by atoms with E-state index in [1.54, 1.807) is 0 Å². The molecule has 0 aliphatic rings. The van der Waals surface area contributed by atoms with Gasteiger partial charge in [0.15, 0.2) is 11.6 Å². The van der Waals surface area contributed by atoms with E-state index in [-0.39, 0.29) is 16.8 Å². The molecule has 2 aromatic rings. The van der Waals surface area contributed by atoms with E-state index in [4.69, 9.17) is 4.74 Å². The fourth-order valence-electron chi connectivity index (χ4n) is 1.52. The van der Waals surface area contributed by atoms with Crippen molar-refractivity contribution < 1.29 is 26.7 Å². The van der Waals surface area contributed by atoms with Crippen molar-refractivity contribution in [2.24, 2.45) is 0 Å². The van der Waals surface area contributed by atoms with Gasteiger partial charge in [-0.2, -0.15) is 13.2 Å². The topological polar surface area (TPSA) is 22.1 Å². The number of benzene rings is 1. The summed E-state index contributed by atoms with van der Waals surface area (Å²) >= 11 is 2.76. The zero-order chi connectivity index (χ0) is 15.6. The van der Waals surface area contributed by atoms with Gasteiger partial charge in [0.2, 0.25) is 0 Å². The van der Waals surface area contributed by atoms with E-state index in [2.05, 4.69) is 20.9 Å². The van der Waals surface area contributed by atoms with Crippen molar-refractivity contribution in [1.29, 1.82) is 0 Å². The Bertz CT molecular complexity index is 659. The third kappa shape index (κ3) is 3.90. The largest absolute Gasteiger partial charge is 0.471 e. The van der Waals surface area contributed by atoms with Crippen LogP contribution in [0, 0.1) is 11.6 Å². The van der Waals surface area contributed by atoms with Crippen molar-refractivity contribution in [3.8, 4) is 5.88 Å². The summed E-state index contributed by atoms with van der Waals surface area (Å²) in [4.78, 5) is 3.48. The van der Waals surface area contributed by atoms with Crippen LogP contribution >= 0.6 is 15.9 Å². The number of pyridine rings is 1. The van der Waals surface area contributed by atoms with Gasteiger partial charge >= 0.3 is 6.18 Å². The predicted molar refractivity (Wildman–Crippen MR) is 67.6 cm³/mol. The summed E-state index contributed by atoms with van der Waals surface area (Å²) in [5, 5.41) is 0. The van der Waals surface area contributed by atoms with Gasteiger partial charge in [0.25, 0.3) is 5.88 Å². The molecule has 0 unspecified atom stereocenters. The molecule has 0 spiro atoms. The van der Waals surface area contributed by atoms with Crippen molar-refractivity contribution >= 4 is 15.9 Å². The minimum atomic E-state index is -4.47. The zero-order valence-corrected chi connectivity index (χ0v) is 11.8. The fraction of sp³-hybridized carbons (Fsp3) is 0.154. The van der Waals surface area contributed by atoms with Crippen LogP contribution in [0.1, 0.15) is 11.1 Å². The molecule has 21 heavy (non-hydrogen) atoms. The molecule has 0 radical (unpaired) electrons. The quantitative estimate of drug-likeness (QED) is 0.578. The number of aromatic nitrogens is 1. The van der Waals surface area contributed by atoms with Gasteiger partial charge in [0.1, 0.15) is 11.2 Å². The van der Waals surface area contributed by atoms with Gasteiger partial charge < -0.3 is 4.74 Å². The maximum atomic E-state index is 13.4. The lowest BCUT2D eigenvalue weighted by molar-refractivity contribution is -0.137. The van der Waals surface area contributed by atoms with Crippen LogP contribution in [0.3, 0.4) is 0 Å². The molecule has 1 heterocycles. The minimum absolute atomic E-state index is 0.187. The highest BCUT2D eigenvalue weighted by molar-refractivity contribution is 9.10. The molecule has 8 heteroatoms. The standard InChI is InChI=1S/C13H7BrF5NO/c14-11-9(15)5-10(16)12(20-11)21-6-7-2-1-3-8(4-7)13(17,18)19/h1-5H,6H2. The number of rotatable bonds is 3. The highest BCUT2D eigenvalue weighted by Crippen LogP contribution is 2.30. The van der Waals surface area contributed by atoms with Gasteiger partial charge in [0.05, 0.1) is 5.56 Å². The summed E-state index contributed by atoms with van der Waals surface area (Å²) in [6.07, 6.45) is -4.47. The second-order valence-corrected chi connectivity index (χ2v) is 4.79. The molecule has 0 saturated carbocycles. The summed E-state index contributed by atoms with van der Waals surface area (Å²) in [6.45, 7) is -0.327. The first-order chi connectivity index (χ1) is 9.77. The first kappa shape index (κ1) is 15.7. The molecule has 0 aliphatic carbocycles. The molecule has 0 amide bonds. The van der Waals surface area contributed by atoms with E-state index in [9.17, 15) is 22.0 Å². The zero-order valence-electron chi connectivity index (χ0n) is 10.2. The molecule has 0 atom stereocenters. The smallest absolute Gasteiger partial charge is 0.416 e. The lowest BCUT2D eigenvalue weighted by atomic mass is 10.1. The first-order valence-corrected chi connectivity index (χ1v) is 6.37. The van der Waals surface area contributed by atoms with Gasteiger partial charge in [-0.05, 0) is 33.6 Å². The van der Waals surface area contributed by atoms with Crippen LogP contribution in [0.4, 0.5) is 22.0 Å². The summed E-state index contributed by atoms with van der Waals surface area (Å²) in [7, 11) is 0. The minimum Gasteiger partial charge on any atom is -0.471 e. The van der Waals surface area contributed by atoms with E-state index in [1.807, 2.05) is 0 Å². The van der Waals surface area contributed by atoms with Crippen molar-refractivity contribution in [1.82, 2.24) is 4.98 Å². The third-order valence-electron chi connectivity index (χ3n) is 2.48. The average Bonchev–Trinajstić information content (AvgIpc) is 2.41. The molecule has 112 valence electrons. The second-order valence-electron chi connectivity index (χ2n) is 4.03. The van der Waals surface area contributed by atoms with Crippen LogP contribution in [-0.4, -0.2) is 4.98 Å². The fourth-order valence-corrected chi connectivity index (χ4v) is 1.79. The molecule has 2 nitrogen and oxygen atoms in total. The maximum absolute atomic E-state index is 13.4. The highest BCUT2D eigenvalue weighted by atomic mass is 79.9. The van der Waals surface area contributed by atoms with Gasteiger partial charge in [-0.1, -0.05) is 12.1 Å². The monoisotopic (exact) mass is 367 g/mol. The van der Waals surface area contributed by atoms with Gasteiger partial charge in [-0.3, -0.25) is 0 Å². The molecule has 2 rings (SSSR count). The van der Waals surface area contributed by atoms with Crippen molar-refractivity contribution in [2.75, 3.05) is 0 Å². The molecule has 0 saturated heterocycles. The summed E-state index contributed by atoms with van der Waals surface area (Å²) in [6, 6.07) is 4.98. The Balaban J connectivity index is 2.15. The molecule has 0 fully saturated rings. The molecule has 1 aromatic heterocycles. The highest BCUT2D eigenvalue weighted by Gasteiger charge is 2.30. The van der Waals surface area contributed by atoms with Crippen molar-refractivity contribution in [3.05, 3.63) is 57.7 Å². The second kappa shape index (κ2) is 5.97. The molecule has 0 N–H and O–H groups in total. The lowest BCUT2D eigenvalue weighted by Crippen LogP contribution is -2.07. The number of hydrogen-bond donors (Lipinski definition) is 0. The van der Waals surface area contributed by atoms with E-state index < -0.39 is 29.3 Å². The predicted octanol–water partition coefficient (Wildman–Crippen LogP) is 4.72. The van der Waals surface area contributed by atoms with Crippen molar-refractivity contribution in [2.45, 2.75) is 12.8 Å². The van der Waals surface area contributed by atoms with Crippen LogP contribution in [0.25, 0.3) is 0 Å². The summed E-state index contributed by atoms with van der Waals surface area (Å²) in [5.74, 6) is -2.44. The third-order valence-corrected chi connectivity index (χ3v) is 3.04. The summed E-state index contributed by atoms with van der Waals surface area (Å²) < 4.78 is 68.7. The normalized spacial score (nSPS) is 11.5.